The van der Waals surface area contributed by atoms with Crippen LogP contribution in [0.25, 0.3) is 10.9 Å². The van der Waals surface area contributed by atoms with Gasteiger partial charge in [-0.3, -0.25) is 0 Å². The van der Waals surface area contributed by atoms with Gasteiger partial charge in [-0.2, -0.15) is 0 Å². The summed E-state index contributed by atoms with van der Waals surface area (Å²) in [5.74, 6) is 0.812. The summed E-state index contributed by atoms with van der Waals surface area (Å²) < 4.78 is 5.19. The first kappa shape index (κ1) is 9.21. The van der Waals surface area contributed by atoms with Crippen molar-refractivity contribution in [2.45, 2.75) is 6.92 Å². The number of aromatic nitrogens is 2. The van der Waals surface area contributed by atoms with Crippen molar-refractivity contribution in [3.05, 3.63) is 29.2 Å². The van der Waals surface area contributed by atoms with Crippen molar-refractivity contribution in [3.8, 4) is 5.75 Å². The van der Waals surface area contributed by atoms with Gasteiger partial charge in [0.2, 0.25) is 5.28 Å². The number of benzene rings is 1. The van der Waals surface area contributed by atoms with E-state index in [1.807, 2.05) is 19.1 Å². The average molecular weight is 209 g/mol. The molecule has 0 aliphatic rings. The Morgan fingerprint density at radius 2 is 2.14 bits per heavy atom. The lowest BCUT2D eigenvalue weighted by Gasteiger charge is -2.06. The lowest BCUT2D eigenvalue weighted by molar-refractivity contribution is 0.412. The zero-order valence-electron chi connectivity index (χ0n) is 7.91. The third kappa shape index (κ3) is 1.40. The van der Waals surface area contributed by atoms with E-state index in [0.29, 0.717) is 0 Å². The minimum atomic E-state index is 0.258. The highest BCUT2D eigenvalue weighted by Gasteiger charge is 2.05. The molecule has 0 saturated carbocycles. The molecule has 0 unspecified atom stereocenters. The molecular weight excluding hydrogens is 200 g/mol. The number of nitrogens with zero attached hydrogens (tertiary/aromatic N) is 2. The lowest BCUT2D eigenvalue weighted by atomic mass is 10.1. The molecule has 0 saturated heterocycles. The Bertz CT molecular complexity index is 485. The Kier molecular flexibility index (Phi) is 2.25. The van der Waals surface area contributed by atoms with Crippen LogP contribution in [0.1, 0.15) is 5.56 Å². The topological polar surface area (TPSA) is 35.0 Å². The number of hydrogen-bond acceptors (Lipinski definition) is 3. The Labute approximate surface area is 86.7 Å². The minimum absolute atomic E-state index is 0.258. The van der Waals surface area contributed by atoms with Gasteiger partial charge in [0.1, 0.15) is 5.75 Å². The summed E-state index contributed by atoms with van der Waals surface area (Å²) in [6.45, 7) is 1.95. The number of hydrogen-bond donors (Lipinski definition) is 0. The predicted molar refractivity (Wildman–Crippen MR) is 55.8 cm³/mol. The van der Waals surface area contributed by atoms with E-state index in [9.17, 15) is 0 Å². The molecule has 2 rings (SSSR count). The molecule has 1 aromatic carbocycles. The fourth-order valence-corrected chi connectivity index (χ4v) is 1.55. The fourth-order valence-electron chi connectivity index (χ4n) is 1.42. The molecule has 0 fully saturated rings. The molecule has 3 nitrogen and oxygen atoms in total. The maximum absolute atomic E-state index is 5.72. The van der Waals surface area contributed by atoms with Crippen LogP contribution < -0.4 is 4.74 Å². The molecule has 0 radical (unpaired) electrons. The minimum Gasteiger partial charge on any atom is -0.496 e. The Morgan fingerprint density at radius 1 is 1.36 bits per heavy atom. The first-order valence-electron chi connectivity index (χ1n) is 4.18. The van der Waals surface area contributed by atoms with Crippen LogP contribution in [0.4, 0.5) is 0 Å². The van der Waals surface area contributed by atoms with Crippen LogP contribution in [0, 0.1) is 6.92 Å². The molecule has 1 heterocycles. The summed E-state index contributed by atoms with van der Waals surface area (Å²) in [6.07, 6.45) is 1.71. The third-order valence-electron chi connectivity index (χ3n) is 2.15. The molecule has 14 heavy (non-hydrogen) atoms. The summed E-state index contributed by atoms with van der Waals surface area (Å²) in [6, 6.07) is 3.81. The van der Waals surface area contributed by atoms with E-state index in [1.165, 1.54) is 0 Å². The fraction of sp³-hybridized carbons (Fsp3) is 0.200. The van der Waals surface area contributed by atoms with E-state index in [4.69, 9.17) is 16.3 Å². The van der Waals surface area contributed by atoms with Gasteiger partial charge in [-0.05, 0) is 30.7 Å². The van der Waals surface area contributed by atoms with Crippen molar-refractivity contribution >= 4 is 22.5 Å². The van der Waals surface area contributed by atoms with E-state index in [0.717, 1.165) is 22.2 Å². The van der Waals surface area contributed by atoms with Crippen LogP contribution in [0.2, 0.25) is 5.28 Å². The molecule has 2 aromatic rings. The molecule has 0 aliphatic heterocycles. The van der Waals surface area contributed by atoms with E-state index in [1.54, 1.807) is 13.3 Å². The van der Waals surface area contributed by atoms with Crippen LogP contribution >= 0.6 is 11.6 Å². The summed E-state index contributed by atoms with van der Waals surface area (Å²) in [5, 5.41) is 1.22. The molecule has 0 atom stereocenters. The van der Waals surface area contributed by atoms with Gasteiger partial charge in [-0.25, -0.2) is 9.97 Å². The molecule has 4 heteroatoms. The monoisotopic (exact) mass is 208 g/mol. The van der Waals surface area contributed by atoms with Gasteiger partial charge in [-0.15, -0.1) is 0 Å². The highest BCUT2D eigenvalue weighted by Crippen LogP contribution is 2.25. The van der Waals surface area contributed by atoms with Crippen LogP contribution in [-0.4, -0.2) is 17.1 Å². The normalized spacial score (nSPS) is 10.5. The molecule has 1 aromatic heterocycles. The van der Waals surface area contributed by atoms with Crippen molar-refractivity contribution in [3.63, 3.8) is 0 Å². The second kappa shape index (κ2) is 3.42. The van der Waals surface area contributed by atoms with Crippen molar-refractivity contribution in [2.24, 2.45) is 0 Å². The quantitative estimate of drug-likeness (QED) is 0.676. The first-order valence-corrected chi connectivity index (χ1v) is 4.56. The average Bonchev–Trinajstić information content (AvgIpc) is 2.20. The predicted octanol–water partition coefficient (Wildman–Crippen LogP) is 2.60. The molecule has 0 N–H and O–H groups in total. The Morgan fingerprint density at radius 3 is 2.86 bits per heavy atom. The van der Waals surface area contributed by atoms with Gasteiger partial charge in [0.25, 0.3) is 0 Å². The largest absolute Gasteiger partial charge is 0.496 e. The van der Waals surface area contributed by atoms with Crippen molar-refractivity contribution < 1.29 is 4.74 Å². The number of halogens is 1. The number of ether oxygens (including phenoxy) is 1. The van der Waals surface area contributed by atoms with Crippen molar-refractivity contribution in [1.82, 2.24) is 9.97 Å². The highest BCUT2D eigenvalue weighted by atomic mass is 35.5. The third-order valence-corrected chi connectivity index (χ3v) is 2.33. The van der Waals surface area contributed by atoms with E-state index in [-0.39, 0.29) is 5.28 Å². The molecular formula is C10H9ClN2O. The summed E-state index contributed by atoms with van der Waals surface area (Å²) in [4.78, 5) is 8.08. The second-order valence-electron chi connectivity index (χ2n) is 2.97. The van der Waals surface area contributed by atoms with Crippen molar-refractivity contribution in [1.29, 1.82) is 0 Å². The molecule has 0 amide bonds. The number of rotatable bonds is 1. The van der Waals surface area contributed by atoms with Crippen LogP contribution in [0.15, 0.2) is 18.3 Å². The molecule has 0 bridgehead atoms. The first-order chi connectivity index (χ1) is 6.72. The maximum atomic E-state index is 5.72. The highest BCUT2D eigenvalue weighted by molar-refractivity contribution is 6.28. The van der Waals surface area contributed by atoms with Crippen molar-refractivity contribution in [2.75, 3.05) is 7.11 Å². The van der Waals surface area contributed by atoms with Gasteiger partial charge < -0.3 is 4.74 Å². The van der Waals surface area contributed by atoms with Gasteiger partial charge in [-0.1, -0.05) is 0 Å². The van der Waals surface area contributed by atoms with Gasteiger partial charge in [0.15, 0.2) is 0 Å². The Hall–Kier alpha value is -1.35. The standard InChI is InChI=1S/C10H9ClN2O/c1-6-8(14-2)4-3-7-5-12-10(11)13-9(6)7/h3-5H,1-2H3. The van der Waals surface area contributed by atoms with Gasteiger partial charge in [0.05, 0.1) is 12.6 Å². The molecule has 0 spiro atoms. The molecule has 72 valence electrons. The lowest BCUT2D eigenvalue weighted by Crippen LogP contribution is -1.91. The smallest absolute Gasteiger partial charge is 0.222 e. The molecule has 0 aliphatic carbocycles. The van der Waals surface area contributed by atoms with E-state index in [2.05, 4.69) is 9.97 Å². The van der Waals surface area contributed by atoms with E-state index < -0.39 is 0 Å². The second-order valence-corrected chi connectivity index (χ2v) is 3.31. The summed E-state index contributed by atoms with van der Waals surface area (Å²) >= 11 is 5.72. The van der Waals surface area contributed by atoms with E-state index >= 15 is 0 Å². The van der Waals surface area contributed by atoms with Gasteiger partial charge in [0, 0.05) is 17.1 Å². The van der Waals surface area contributed by atoms with Crippen LogP contribution in [-0.2, 0) is 0 Å². The Balaban J connectivity index is 2.79. The SMILES string of the molecule is COc1ccc2cnc(Cl)nc2c1C. The summed E-state index contributed by atoms with van der Waals surface area (Å²) in [7, 11) is 1.64. The zero-order chi connectivity index (χ0) is 10.1. The maximum Gasteiger partial charge on any atom is 0.222 e. The van der Waals surface area contributed by atoms with Gasteiger partial charge >= 0.3 is 0 Å². The summed E-state index contributed by atoms with van der Waals surface area (Å²) in [5.41, 5.74) is 1.82. The number of aryl methyl sites for hydroxylation is 1. The number of fused-ring (bicyclic) bond motifs is 1. The van der Waals surface area contributed by atoms with Crippen LogP contribution in [0.5, 0.6) is 5.75 Å². The van der Waals surface area contributed by atoms with Crippen LogP contribution in [0.3, 0.4) is 0 Å². The number of methoxy groups -OCH3 is 1. The zero-order valence-corrected chi connectivity index (χ0v) is 8.67.